The summed E-state index contributed by atoms with van der Waals surface area (Å²) in [7, 11) is 0. The maximum atomic E-state index is 14.2. The number of phenolic OH excluding ortho intramolecular Hbond substituents is 1. The highest BCUT2D eigenvalue weighted by atomic mass is 32.1. The van der Waals surface area contributed by atoms with Gasteiger partial charge in [0.15, 0.2) is 0 Å². The lowest BCUT2D eigenvalue weighted by atomic mass is 10.00. The van der Waals surface area contributed by atoms with Crippen LogP contribution in [0.2, 0.25) is 1.41 Å². The van der Waals surface area contributed by atoms with E-state index in [9.17, 15) is 38.7 Å². The van der Waals surface area contributed by atoms with Gasteiger partial charge in [-0.1, -0.05) is 44.2 Å². The number of carbonyl (C=O) groups excluding carboxylic acids is 7. The number of nitrogens with one attached hydrogen (secondary N) is 6. The van der Waals surface area contributed by atoms with E-state index in [2.05, 4.69) is 49.9 Å². The van der Waals surface area contributed by atoms with Crippen molar-refractivity contribution >= 4 is 64.9 Å². The number of aromatic nitrogens is 1. The minimum atomic E-state index is -1.42. The van der Waals surface area contributed by atoms with Gasteiger partial charge < -0.3 is 58.6 Å². The van der Waals surface area contributed by atoms with Crippen molar-refractivity contribution in [2.75, 3.05) is 12.3 Å². The van der Waals surface area contributed by atoms with Gasteiger partial charge in [-0.05, 0) is 74.4 Å². The minimum Gasteiger partial charge on any atom is -0.508 e. The summed E-state index contributed by atoms with van der Waals surface area (Å²) in [5, 5.41) is 23.6. The van der Waals surface area contributed by atoms with Gasteiger partial charge in [0.2, 0.25) is 35.4 Å². The molecule has 19 heteroatoms. The SMILES string of the molecule is [2H]N[C@@H](Cc1ccc(O)cc1)C(=O)N[C@@H](Cc1c[nH]c2ccccc12)C(=O)N[C@@H](CCCCN)C(=O)N[C@H](C(=O)N[C@@H](CS)C(=O)N[C@H](C(N)=O)[C@@H](C)OC(C)=O)C(C)C. The van der Waals surface area contributed by atoms with Crippen LogP contribution in [-0.4, -0.2) is 106 Å². The first-order chi connectivity index (χ1) is 28.5. The summed E-state index contributed by atoms with van der Waals surface area (Å²) in [5.74, 6) is -6.13. The monoisotopic (exact) mass is 840 g/mol. The van der Waals surface area contributed by atoms with Crippen LogP contribution in [0.15, 0.2) is 54.7 Å². The highest BCUT2D eigenvalue weighted by Crippen LogP contribution is 2.20. The number of benzene rings is 2. The molecule has 0 spiro atoms. The summed E-state index contributed by atoms with van der Waals surface area (Å²) in [5.41, 5.74) is 15.6. The number of ether oxygens (including phenoxy) is 1. The zero-order chi connectivity index (χ0) is 44.5. The molecule has 0 saturated heterocycles. The molecule has 0 aliphatic rings. The number of rotatable bonds is 24. The van der Waals surface area contributed by atoms with Crippen molar-refractivity contribution in [1.29, 1.82) is 0 Å². The number of fused-ring (bicyclic) bond motifs is 1. The lowest BCUT2D eigenvalue weighted by Crippen LogP contribution is -2.61. The maximum absolute atomic E-state index is 14.2. The van der Waals surface area contributed by atoms with E-state index in [1.54, 1.807) is 32.2 Å². The van der Waals surface area contributed by atoms with E-state index in [1.807, 2.05) is 24.3 Å². The summed E-state index contributed by atoms with van der Waals surface area (Å²) >= 11 is 4.18. The van der Waals surface area contributed by atoms with Crippen LogP contribution in [0.1, 0.15) is 58.1 Å². The van der Waals surface area contributed by atoms with Crippen molar-refractivity contribution in [2.24, 2.45) is 23.1 Å². The molecule has 3 rings (SSSR count). The Labute approximate surface area is 349 Å². The van der Waals surface area contributed by atoms with Crippen LogP contribution in [0.4, 0.5) is 0 Å². The van der Waals surface area contributed by atoms with E-state index < -0.39 is 89.7 Å². The number of primary amides is 1. The fourth-order valence-corrected chi connectivity index (χ4v) is 6.50. The van der Waals surface area contributed by atoms with Gasteiger partial charge >= 0.3 is 5.97 Å². The number of esters is 1. The molecule has 0 unspecified atom stereocenters. The van der Waals surface area contributed by atoms with E-state index in [4.69, 9.17) is 17.6 Å². The summed E-state index contributed by atoms with van der Waals surface area (Å²) in [6.07, 6.45) is 1.71. The summed E-state index contributed by atoms with van der Waals surface area (Å²) < 4.78 is 12.9. The molecule has 3 aromatic rings. The number of thiol groups is 1. The van der Waals surface area contributed by atoms with E-state index in [1.165, 1.54) is 19.1 Å². The predicted octanol–water partition coefficient (Wildman–Crippen LogP) is -0.438. The molecular weight excluding hydrogens is 783 g/mol. The molecule has 7 atom stereocenters. The molecule has 0 bridgehead atoms. The van der Waals surface area contributed by atoms with Crippen molar-refractivity contribution in [3.8, 4) is 5.75 Å². The Morgan fingerprint density at radius 3 is 2.02 bits per heavy atom. The first kappa shape index (κ1) is 46.0. The highest BCUT2D eigenvalue weighted by molar-refractivity contribution is 7.80. The van der Waals surface area contributed by atoms with E-state index in [0.717, 1.165) is 17.8 Å². The van der Waals surface area contributed by atoms with Crippen molar-refractivity contribution in [3.63, 3.8) is 0 Å². The zero-order valence-electron chi connectivity index (χ0n) is 34.6. The minimum absolute atomic E-state index is 0.00310. The van der Waals surface area contributed by atoms with Crippen molar-refractivity contribution in [1.82, 2.24) is 31.6 Å². The van der Waals surface area contributed by atoms with Crippen LogP contribution >= 0.6 is 12.6 Å². The highest BCUT2D eigenvalue weighted by Gasteiger charge is 2.35. The Morgan fingerprint density at radius 1 is 0.797 bits per heavy atom. The van der Waals surface area contributed by atoms with E-state index in [-0.39, 0.29) is 30.8 Å². The van der Waals surface area contributed by atoms with Gasteiger partial charge in [0.1, 0.15) is 43.5 Å². The van der Waals surface area contributed by atoms with Gasteiger partial charge in [0, 0.05) is 36.2 Å². The number of nitrogens with two attached hydrogens (primary N) is 3. The number of amides is 6. The van der Waals surface area contributed by atoms with Crippen molar-refractivity contribution in [3.05, 3.63) is 65.9 Å². The van der Waals surface area contributed by atoms with E-state index in [0.29, 0.717) is 30.5 Å². The smallest absolute Gasteiger partial charge is 0.302 e. The molecule has 0 aliphatic heterocycles. The lowest BCUT2D eigenvalue weighted by molar-refractivity contribution is -0.149. The molecule has 0 radical (unpaired) electrons. The standard InChI is InChI=1S/C40H57N9O9S/c1-21(2)33(40(57)47-32(20-59)39(56)49-34(35(43)52)22(3)58-23(4)50)48-37(54)30(11-7-8-16-41)45-38(55)31(18-25-19-44-29-10-6-5-9-27(25)29)46-36(53)28(42)17-24-12-14-26(51)15-13-24/h5-6,9-10,12-15,19,21-22,28,30-34,44,51,59H,7-8,11,16-18,20,41-42H2,1-4H3,(H2,43,52)(H,45,55)(H,46,53)(H,47,57)(H,48,54)(H,49,56)/t22-,28+,30+,31+,32+,33+,34+/m1/s1/i/hD. The molecule has 1 heterocycles. The van der Waals surface area contributed by atoms with E-state index >= 15 is 0 Å². The van der Waals surface area contributed by atoms with Gasteiger partial charge in [-0.15, -0.1) is 0 Å². The molecule has 0 fully saturated rings. The molecule has 322 valence electrons. The first-order valence-electron chi connectivity index (χ1n) is 19.8. The number of hydrogen-bond donors (Lipinski definition) is 11. The van der Waals surface area contributed by atoms with Crippen molar-refractivity contribution in [2.45, 2.75) is 102 Å². The quantitative estimate of drug-likeness (QED) is 0.0312. The number of para-hydroxylation sites is 1. The number of unbranched alkanes of at least 4 members (excludes halogenated alkanes) is 1. The molecule has 18 nitrogen and oxygen atoms in total. The number of H-pyrrole nitrogens is 1. The van der Waals surface area contributed by atoms with Gasteiger partial charge in [0.25, 0.3) is 0 Å². The van der Waals surface area contributed by atoms with Crippen LogP contribution in [0, 0.1) is 5.92 Å². The Morgan fingerprint density at radius 2 is 1.41 bits per heavy atom. The molecule has 13 N–H and O–H groups in total. The van der Waals surface area contributed by atoms with Crippen LogP contribution in [0.3, 0.4) is 0 Å². The Balaban J connectivity index is 1.85. The third kappa shape index (κ3) is 14.6. The van der Waals surface area contributed by atoms with Gasteiger partial charge in [-0.2, -0.15) is 12.6 Å². The van der Waals surface area contributed by atoms with Gasteiger partial charge in [-0.25, -0.2) is 0 Å². The summed E-state index contributed by atoms with van der Waals surface area (Å²) in [6.45, 7) is 6.12. The Kier molecular flexibility index (Phi) is 18.0. The lowest BCUT2D eigenvalue weighted by Gasteiger charge is -2.29. The molecule has 6 amide bonds. The molecule has 0 aliphatic carbocycles. The number of aromatic amines is 1. The summed E-state index contributed by atoms with van der Waals surface area (Å²) in [4.78, 5) is 95.4. The second-order valence-electron chi connectivity index (χ2n) is 14.6. The van der Waals surface area contributed by atoms with Gasteiger partial charge in [0.05, 0.1) is 6.04 Å². The van der Waals surface area contributed by atoms with Crippen LogP contribution in [0.5, 0.6) is 5.75 Å². The fourth-order valence-electron chi connectivity index (χ4n) is 6.24. The van der Waals surface area contributed by atoms with Crippen LogP contribution < -0.4 is 43.8 Å². The van der Waals surface area contributed by atoms with Crippen molar-refractivity contribution < 1.29 is 44.8 Å². The third-order valence-corrected chi connectivity index (χ3v) is 9.86. The molecule has 0 saturated carbocycles. The second-order valence-corrected chi connectivity index (χ2v) is 14.9. The third-order valence-electron chi connectivity index (χ3n) is 9.49. The predicted molar refractivity (Wildman–Crippen MR) is 223 cm³/mol. The van der Waals surface area contributed by atoms with Gasteiger partial charge in [-0.3, -0.25) is 33.6 Å². The normalized spacial score (nSPS) is 15.0. The maximum Gasteiger partial charge on any atom is 0.302 e. The van der Waals surface area contributed by atoms with Crippen LogP contribution in [-0.2, 0) is 51.1 Å². The Hall–Kier alpha value is -5.66. The average molecular weight is 841 g/mol. The molecule has 59 heavy (non-hydrogen) atoms. The largest absolute Gasteiger partial charge is 0.508 e. The molecule has 2 aromatic carbocycles. The fraction of sp³-hybridized carbons (Fsp3) is 0.475. The second kappa shape index (κ2) is 23.1. The number of hydrogen-bond acceptors (Lipinski definition) is 12. The number of aromatic hydroxyl groups is 1. The van der Waals surface area contributed by atoms with Crippen LogP contribution in [0.25, 0.3) is 10.9 Å². The number of carbonyl (C=O) groups is 7. The topological polar surface area (TPSA) is 303 Å². The molecule has 1 aromatic heterocycles. The first-order valence-corrected chi connectivity index (χ1v) is 19.9. The Bertz CT molecular complexity index is 1950. The molecular formula is C40H57N9O9S. The summed E-state index contributed by atoms with van der Waals surface area (Å²) in [6, 6.07) is 6.05. The number of phenols is 1. The average Bonchev–Trinajstić information content (AvgIpc) is 3.61. The zero-order valence-corrected chi connectivity index (χ0v) is 34.5.